The Hall–Kier alpha value is -1.60. The van der Waals surface area contributed by atoms with Crippen molar-refractivity contribution in [1.29, 1.82) is 0 Å². The molecule has 0 amide bonds. The molecule has 2 rings (SSSR count). The van der Waals surface area contributed by atoms with Gasteiger partial charge in [-0.05, 0) is 24.6 Å². The highest BCUT2D eigenvalue weighted by Gasteiger charge is 2.31. The number of benzene rings is 1. The van der Waals surface area contributed by atoms with E-state index in [0.29, 0.717) is 24.3 Å². The lowest BCUT2D eigenvalue weighted by Gasteiger charge is -2.08. The number of nitrogens with zero attached hydrogens (tertiary/aromatic N) is 2. The Kier molecular flexibility index (Phi) is 3.77. The Balaban J connectivity index is 2.51. The van der Waals surface area contributed by atoms with Crippen LogP contribution in [0.4, 0.5) is 13.2 Å². The van der Waals surface area contributed by atoms with Gasteiger partial charge < -0.3 is 15.4 Å². The second-order valence-corrected chi connectivity index (χ2v) is 4.16. The highest BCUT2D eigenvalue weighted by atomic mass is 19.4. The van der Waals surface area contributed by atoms with Crippen LogP contribution in [0.2, 0.25) is 0 Å². The van der Waals surface area contributed by atoms with Gasteiger partial charge in [0.15, 0.2) is 0 Å². The number of hydrogen-bond acceptors (Lipinski definition) is 3. The summed E-state index contributed by atoms with van der Waals surface area (Å²) in [5, 5.41) is 8.84. The van der Waals surface area contributed by atoms with E-state index in [-0.39, 0.29) is 18.7 Å². The van der Waals surface area contributed by atoms with E-state index in [1.807, 2.05) is 0 Å². The number of hydrogen-bond donors (Lipinski definition) is 2. The van der Waals surface area contributed by atoms with Gasteiger partial charge in [-0.3, -0.25) is 0 Å². The average molecular weight is 273 g/mol. The Morgan fingerprint density at radius 3 is 2.63 bits per heavy atom. The summed E-state index contributed by atoms with van der Waals surface area (Å²) >= 11 is 0. The summed E-state index contributed by atoms with van der Waals surface area (Å²) < 4.78 is 39.6. The highest BCUT2D eigenvalue weighted by Crippen LogP contribution is 2.31. The topological polar surface area (TPSA) is 64.1 Å². The quantitative estimate of drug-likeness (QED) is 0.894. The van der Waals surface area contributed by atoms with Crippen LogP contribution in [0.5, 0.6) is 0 Å². The molecule has 0 saturated carbocycles. The molecule has 7 heteroatoms. The van der Waals surface area contributed by atoms with Crippen molar-refractivity contribution >= 4 is 11.0 Å². The summed E-state index contributed by atoms with van der Waals surface area (Å²) in [6.07, 6.45) is -3.88. The molecular weight excluding hydrogens is 259 g/mol. The van der Waals surface area contributed by atoms with Gasteiger partial charge in [0.25, 0.3) is 0 Å². The number of halogens is 3. The lowest BCUT2D eigenvalue weighted by Crippen LogP contribution is -2.09. The number of fused-ring (bicyclic) bond motifs is 1. The van der Waals surface area contributed by atoms with Crippen LogP contribution in [0.1, 0.15) is 17.8 Å². The maximum Gasteiger partial charge on any atom is 0.416 e. The van der Waals surface area contributed by atoms with Crippen LogP contribution < -0.4 is 5.73 Å². The number of aromatic nitrogens is 2. The Bertz CT molecular complexity index is 577. The minimum atomic E-state index is -4.38. The van der Waals surface area contributed by atoms with Gasteiger partial charge in [-0.1, -0.05) is 0 Å². The molecule has 1 aromatic heterocycles. The molecule has 0 saturated heterocycles. The van der Waals surface area contributed by atoms with Crippen LogP contribution in [-0.4, -0.2) is 21.3 Å². The lowest BCUT2D eigenvalue weighted by atomic mass is 10.2. The zero-order chi connectivity index (χ0) is 14.0. The summed E-state index contributed by atoms with van der Waals surface area (Å²) in [6, 6.07) is 3.44. The highest BCUT2D eigenvalue weighted by molar-refractivity contribution is 5.77. The van der Waals surface area contributed by atoms with Gasteiger partial charge in [-0.2, -0.15) is 13.2 Å². The van der Waals surface area contributed by atoms with Gasteiger partial charge in [0, 0.05) is 13.2 Å². The molecule has 0 spiro atoms. The summed E-state index contributed by atoms with van der Waals surface area (Å²) in [6.45, 7) is 0.622. The van der Waals surface area contributed by atoms with E-state index in [9.17, 15) is 13.2 Å². The van der Waals surface area contributed by atoms with Crippen LogP contribution in [-0.2, 0) is 19.3 Å². The van der Waals surface area contributed by atoms with Gasteiger partial charge in [0.1, 0.15) is 5.82 Å². The smallest absolute Gasteiger partial charge is 0.396 e. The summed E-state index contributed by atoms with van der Waals surface area (Å²) in [7, 11) is 0. The zero-order valence-electron chi connectivity index (χ0n) is 10.1. The fourth-order valence-corrected chi connectivity index (χ4v) is 1.99. The van der Waals surface area contributed by atoms with Crippen molar-refractivity contribution in [1.82, 2.24) is 9.55 Å². The van der Waals surface area contributed by atoms with E-state index in [1.54, 1.807) is 4.57 Å². The Labute approximate surface area is 107 Å². The molecule has 2 aromatic rings. The molecule has 1 aromatic carbocycles. The van der Waals surface area contributed by atoms with E-state index in [0.717, 1.165) is 12.1 Å². The first kappa shape index (κ1) is 13.8. The Morgan fingerprint density at radius 1 is 1.32 bits per heavy atom. The van der Waals surface area contributed by atoms with E-state index in [2.05, 4.69) is 4.98 Å². The number of aliphatic hydroxyl groups excluding tert-OH is 1. The second-order valence-electron chi connectivity index (χ2n) is 4.16. The first-order valence-corrected chi connectivity index (χ1v) is 5.84. The molecule has 104 valence electrons. The fraction of sp³-hybridized carbons (Fsp3) is 0.417. The average Bonchev–Trinajstić information content (AvgIpc) is 2.72. The van der Waals surface area contributed by atoms with Crippen molar-refractivity contribution < 1.29 is 18.3 Å². The summed E-state index contributed by atoms with van der Waals surface area (Å²) in [5.74, 6) is 0.516. The molecular formula is C12H14F3N3O. The maximum absolute atomic E-state index is 12.6. The van der Waals surface area contributed by atoms with Crippen LogP contribution in [0.25, 0.3) is 11.0 Å². The molecule has 0 aliphatic carbocycles. The first-order valence-electron chi connectivity index (χ1n) is 5.84. The number of aryl methyl sites for hydroxylation is 1. The lowest BCUT2D eigenvalue weighted by molar-refractivity contribution is -0.137. The second kappa shape index (κ2) is 5.18. The number of nitrogens with two attached hydrogens (primary N) is 1. The minimum Gasteiger partial charge on any atom is -0.396 e. The third-order valence-corrected chi connectivity index (χ3v) is 2.88. The fourth-order valence-electron chi connectivity index (χ4n) is 1.99. The number of imidazole rings is 1. The molecule has 0 bridgehead atoms. The van der Waals surface area contributed by atoms with E-state index >= 15 is 0 Å². The molecule has 3 N–H and O–H groups in total. The molecule has 0 radical (unpaired) electrons. The van der Waals surface area contributed by atoms with Gasteiger partial charge in [-0.25, -0.2) is 4.98 Å². The minimum absolute atomic E-state index is 0.00429. The number of aliphatic hydroxyl groups is 1. The maximum atomic E-state index is 12.6. The van der Waals surface area contributed by atoms with Gasteiger partial charge in [-0.15, -0.1) is 0 Å². The molecule has 19 heavy (non-hydrogen) atoms. The van der Waals surface area contributed by atoms with Crippen LogP contribution >= 0.6 is 0 Å². The molecule has 0 aliphatic heterocycles. The van der Waals surface area contributed by atoms with Crippen molar-refractivity contribution in [3.8, 4) is 0 Å². The molecule has 4 nitrogen and oxygen atoms in total. The summed E-state index contributed by atoms with van der Waals surface area (Å²) in [5.41, 5.74) is 5.69. The SMILES string of the molecule is NCc1nc2cc(C(F)(F)F)ccc2n1CCCO. The van der Waals surface area contributed by atoms with Crippen molar-refractivity contribution in [2.45, 2.75) is 25.7 Å². The Morgan fingerprint density at radius 2 is 2.05 bits per heavy atom. The van der Waals surface area contributed by atoms with E-state index in [4.69, 9.17) is 10.8 Å². The molecule has 0 unspecified atom stereocenters. The monoisotopic (exact) mass is 273 g/mol. The molecule has 0 fully saturated rings. The predicted octanol–water partition coefficient (Wildman–Crippen LogP) is 1.90. The normalized spacial score (nSPS) is 12.3. The third-order valence-electron chi connectivity index (χ3n) is 2.88. The molecule has 0 atom stereocenters. The van der Waals surface area contributed by atoms with Crippen molar-refractivity contribution in [2.75, 3.05) is 6.61 Å². The van der Waals surface area contributed by atoms with Crippen LogP contribution in [0.3, 0.4) is 0 Å². The summed E-state index contributed by atoms with van der Waals surface area (Å²) in [4.78, 5) is 4.11. The zero-order valence-corrected chi connectivity index (χ0v) is 10.1. The first-order chi connectivity index (χ1) is 8.97. The molecule has 0 aliphatic rings. The van der Waals surface area contributed by atoms with Gasteiger partial charge >= 0.3 is 6.18 Å². The van der Waals surface area contributed by atoms with Crippen molar-refractivity contribution in [3.05, 3.63) is 29.6 Å². The number of rotatable bonds is 4. The van der Waals surface area contributed by atoms with E-state index in [1.165, 1.54) is 6.07 Å². The standard InChI is InChI=1S/C12H14F3N3O/c13-12(14,15)8-2-3-10-9(6-8)17-11(7-16)18(10)4-1-5-19/h2-3,6,19H,1,4-5,7,16H2. The van der Waals surface area contributed by atoms with Crippen molar-refractivity contribution in [3.63, 3.8) is 0 Å². The number of alkyl halides is 3. The largest absolute Gasteiger partial charge is 0.416 e. The van der Waals surface area contributed by atoms with Crippen LogP contribution in [0, 0.1) is 0 Å². The predicted molar refractivity (Wildman–Crippen MR) is 64.3 cm³/mol. The van der Waals surface area contributed by atoms with Crippen molar-refractivity contribution in [2.24, 2.45) is 5.73 Å². The third kappa shape index (κ3) is 2.71. The van der Waals surface area contributed by atoms with Crippen LogP contribution in [0.15, 0.2) is 18.2 Å². The van der Waals surface area contributed by atoms with Gasteiger partial charge in [0.05, 0.1) is 23.1 Å². The van der Waals surface area contributed by atoms with Gasteiger partial charge in [0.2, 0.25) is 0 Å². The molecule has 1 heterocycles. The van der Waals surface area contributed by atoms with E-state index < -0.39 is 11.7 Å².